The summed E-state index contributed by atoms with van der Waals surface area (Å²) in [7, 11) is 0. The average Bonchev–Trinajstić information content (AvgIpc) is 3.18. The molecule has 0 bridgehead atoms. The maximum Gasteiger partial charge on any atom is 0.260 e. The van der Waals surface area contributed by atoms with Crippen LogP contribution in [0.25, 0.3) is 21.8 Å². The first-order chi connectivity index (χ1) is 16.2. The second-order valence-electron chi connectivity index (χ2n) is 7.78. The first-order valence-electron chi connectivity index (χ1n) is 10.7. The molecule has 0 unspecified atom stereocenters. The molecule has 0 aliphatic carbocycles. The Morgan fingerprint density at radius 1 is 0.939 bits per heavy atom. The molecule has 0 aliphatic heterocycles. The van der Waals surface area contributed by atoms with E-state index in [0.29, 0.717) is 12.0 Å². The Morgan fingerprint density at radius 2 is 1.70 bits per heavy atom. The molecule has 0 spiro atoms. The second-order valence-corrected chi connectivity index (χ2v) is 7.78. The number of aromatic hydroxyl groups is 1. The molecule has 1 amide bonds. The molecule has 1 heterocycles. The van der Waals surface area contributed by atoms with E-state index in [1.54, 1.807) is 6.07 Å². The highest BCUT2D eigenvalue weighted by molar-refractivity contribution is 6.02. The fourth-order valence-electron chi connectivity index (χ4n) is 3.98. The van der Waals surface area contributed by atoms with E-state index in [4.69, 9.17) is 4.98 Å². The minimum atomic E-state index is -0.275. The minimum absolute atomic E-state index is 0.0849. The highest BCUT2D eigenvalue weighted by Crippen LogP contribution is 2.25. The van der Waals surface area contributed by atoms with Crippen molar-refractivity contribution in [3.05, 3.63) is 108 Å². The number of benzene rings is 4. The van der Waals surface area contributed by atoms with Crippen molar-refractivity contribution in [2.24, 2.45) is 5.10 Å². The van der Waals surface area contributed by atoms with Crippen molar-refractivity contribution in [2.75, 3.05) is 0 Å². The molecule has 1 aromatic heterocycles. The summed E-state index contributed by atoms with van der Waals surface area (Å²) >= 11 is 0. The van der Waals surface area contributed by atoms with Gasteiger partial charge in [0.25, 0.3) is 5.91 Å². The lowest BCUT2D eigenvalue weighted by Gasteiger charge is -2.09. The maximum absolute atomic E-state index is 12.8. The highest BCUT2D eigenvalue weighted by atomic mass is 16.3. The monoisotopic (exact) mass is 434 g/mol. The van der Waals surface area contributed by atoms with Gasteiger partial charge in [0.05, 0.1) is 17.2 Å². The number of amides is 1. The van der Waals surface area contributed by atoms with Gasteiger partial charge in [-0.3, -0.25) is 4.79 Å². The lowest BCUT2D eigenvalue weighted by Crippen LogP contribution is -2.24. The highest BCUT2D eigenvalue weighted by Gasteiger charge is 2.14. The zero-order valence-electron chi connectivity index (χ0n) is 17.8. The molecule has 0 fully saturated rings. The first kappa shape index (κ1) is 20.5. The van der Waals surface area contributed by atoms with Crippen LogP contribution in [-0.2, 0) is 17.8 Å². The number of imidazole rings is 1. The molecule has 0 aliphatic rings. The Labute approximate surface area is 190 Å². The van der Waals surface area contributed by atoms with E-state index < -0.39 is 0 Å². The van der Waals surface area contributed by atoms with Gasteiger partial charge in [0.2, 0.25) is 0 Å². The number of carbonyl (C=O) groups excluding carboxylic acids is 1. The van der Waals surface area contributed by atoms with Crippen LogP contribution >= 0.6 is 0 Å². The molecule has 4 aromatic carbocycles. The van der Waals surface area contributed by atoms with Gasteiger partial charge in [0, 0.05) is 12.0 Å². The predicted molar refractivity (Wildman–Crippen MR) is 130 cm³/mol. The van der Waals surface area contributed by atoms with Crippen molar-refractivity contribution in [2.45, 2.75) is 13.0 Å². The van der Waals surface area contributed by atoms with Gasteiger partial charge in [-0.15, -0.1) is 0 Å². The maximum atomic E-state index is 12.8. The van der Waals surface area contributed by atoms with Gasteiger partial charge in [-0.25, -0.2) is 10.4 Å². The Balaban J connectivity index is 1.38. The molecule has 0 atom stereocenters. The number of fused-ring (bicyclic) bond motifs is 2. The van der Waals surface area contributed by atoms with Crippen LogP contribution in [0.2, 0.25) is 0 Å². The largest absolute Gasteiger partial charge is 0.507 e. The van der Waals surface area contributed by atoms with Crippen LogP contribution in [0.4, 0.5) is 0 Å². The number of nitrogens with one attached hydrogen (secondary N) is 1. The fraction of sp³-hybridized carbons (Fsp3) is 0.0741. The van der Waals surface area contributed by atoms with Crippen molar-refractivity contribution in [3.8, 4) is 5.75 Å². The van der Waals surface area contributed by atoms with Gasteiger partial charge >= 0.3 is 0 Å². The summed E-state index contributed by atoms with van der Waals surface area (Å²) in [6.45, 7) is 0.0849. The molecule has 0 saturated heterocycles. The van der Waals surface area contributed by atoms with Gasteiger partial charge in [-0.1, -0.05) is 72.8 Å². The van der Waals surface area contributed by atoms with Gasteiger partial charge in [-0.2, -0.15) is 5.10 Å². The summed E-state index contributed by atoms with van der Waals surface area (Å²) in [5, 5.41) is 16.2. The van der Waals surface area contributed by atoms with Crippen molar-refractivity contribution < 1.29 is 9.90 Å². The Hall–Kier alpha value is -4.45. The molecule has 5 rings (SSSR count). The minimum Gasteiger partial charge on any atom is -0.507 e. The third kappa shape index (κ3) is 4.32. The molecule has 0 saturated carbocycles. The lowest BCUT2D eigenvalue weighted by molar-refractivity contribution is -0.121. The number of para-hydroxylation sites is 2. The van der Waals surface area contributed by atoms with E-state index in [9.17, 15) is 9.90 Å². The van der Waals surface area contributed by atoms with Crippen LogP contribution in [0.15, 0.2) is 96.1 Å². The molecular formula is C27H22N4O2. The van der Waals surface area contributed by atoms with Gasteiger partial charge in [0.1, 0.15) is 18.1 Å². The summed E-state index contributed by atoms with van der Waals surface area (Å²) in [5.74, 6) is 0.647. The quantitative estimate of drug-likeness (QED) is 0.302. The summed E-state index contributed by atoms with van der Waals surface area (Å²) in [5.41, 5.74) is 6.02. The number of hydrogen-bond acceptors (Lipinski definition) is 4. The van der Waals surface area contributed by atoms with E-state index in [2.05, 4.69) is 10.5 Å². The van der Waals surface area contributed by atoms with E-state index in [1.165, 1.54) is 6.21 Å². The van der Waals surface area contributed by atoms with Crippen LogP contribution in [0.3, 0.4) is 0 Å². The smallest absolute Gasteiger partial charge is 0.260 e. The third-order valence-corrected chi connectivity index (χ3v) is 5.57. The van der Waals surface area contributed by atoms with Crippen LogP contribution in [0.1, 0.15) is 17.0 Å². The molecule has 0 radical (unpaired) electrons. The zero-order valence-corrected chi connectivity index (χ0v) is 17.8. The van der Waals surface area contributed by atoms with Crippen LogP contribution < -0.4 is 5.43 Å². The normalized spacial score (nSPS) is 11.4. The summed E-state index contributed by atoms with van der Waals surface area (Å²) < 4.78 is 1.92. The molecule has 33 heavy (non-hydrogen) atoms. The lowest BCUT2D eigenvalue weighted by atomic mass is 10.0. The van der Waals surface area contributed by atoms with Crippen LogP contribution in [0, 0.1) is 0 Å². The van der Waals surface area contributed by atoms with Gasteiger partial charge in [0.15, 0.2) is 0 Å². The van der Waals surface area contributed by atoms with E-state index in [0.717, 1.165) is 33.2 Å². The molecule has 2 N–H and O–H groups in total. The number of phenols is 1. The summed E-state index contributed by atoms with van der Waals surface area (Å²) in [4.78, 5) is 17.5. The number of nitrogens with zero attached hydrogens (tertiary/aromatic N) is 3. The number of aromatic nitrogens is 2. The Morgan fingerprint density at radius 3 is 2.58 bits per heavy atom. The van der Waals surface area contributed by atoms with Gasteiger partial charge in [-0.05, 0) is 34.5 Å². The van der Waals surface area contributed by atoms with Gasteiger partial charge < -0.3 is 9.67 Å². The van der Waals surface area contributed by atoms with Crippen LogP contribution in [0.5, 0.6) is 5.75 Å². The van der Waals surface area contributed by atoms with Crippen molar-refractivity contribution in [1.82, 2.24) is 15.0 Å². The zero-order chi connectivity index (χ0) is 22.6. The summed E-state index contributed by atoms with van der Waals surface area (Å²) in [6, 6.07) is 29.0. The summed E-state index contributed by atoms with van der Waals surface area (Å²) in [6.07, 6.45) is 2.10. The van der Waals surface area contributed by atoms with Crippen LogP contribution in [-0.4, -0.2) is 26.8 Å². The van der Waals surface area contributed by atoms with Crippen molar-refractivity contribution >= 4 is 33.9 Å². The topological polar surface area (TPSA) is 79.5 Å². The Bertz CT molecular complexity index is 1470. The van der Waals surface area contributed by atoms with E-state index in [-0.39, 0.29) is 18.2 Å². The van der Waals surface area contributed by atoms with Crippen molar-refractivity contribution in [3.63, 3.8) is 0 Å². The molecule has 6 nitrogen and oxygen atoms in total. The first-order valence-corrected chi connectivity index (χ1v) is 10.7. The molecular weight excluding hydrogens is 412 g/mol. The van der Waals surface area contributed by atoms with Crippen molar-refractivity contribution in [1.29, 1.82) is 0 Å². The second kappa shape index (κ2) is 8.96. The number of hydrogen-bond donors (Lipinski definition) is 2. The number of rotatable bonds is 6. The number of carbonyl (C=O) groups is 1. The van der Waals surface area contributed by atoms with E-state index in [1.807, 2.05) is 89.5 Å². The average molecular weight is 434 g/mol. The third-order valence-electron chi connectivity index (χ3n) is 5.57. The Kier molecular flexibility index (Phi) is 5.55. The SMILES string of the molecule is O=C(Cn1c(Cc2ccccc2)nc2ccccc21)NN=Cc1c(O)ccc2ccccc12. The molecule has 162 valence electrons. The molecule has 6 heteroatoms. The standard InChI is InChI=1S/C27H22N4O2/c32-25-15-14-20-10-4-5-11-21(20)22(25)17-28-30-27(33)18-31-24-13-7-6-12-23(24)29-26(31)16-19-8-2-1-3-9-19/h1-15,17,32H,16,18H2,(H,30,33). The predicted octanol–water partition coefficient (Wildman–Crippen LogP) is 4.64. The fourth-order valence-corrected chi connectivity index (χ4v) is 3.98. The number of hydrazone groups is 1. The molecule has 5 aromatic rings. The number of phenolic OH excluding ortho intramolecular Hbond substituents is 1. The van der Waals surface area contributed by atoms with E-state index >= 15 is 0 Å².